The largest absolute Gasteiger partial charge is 0.394 e. The highest BCUT2D eigenvalue weighted by Crippen LogP contribution is 2.40. The highest BCUT2D eigenvalue weighted by molar-refractivity contribution is 4.92. The summed E-state index contributed by atoms with van der Waals surface area (Å²) >= 11 is 0. The second-order valence-corrected chi connectivity index (χ2v) is 10.9. The van der Waals surface area contributed by atoms with E-state index in [4.69, 9.17) is 23.7 Å². The molecule has 3 saturated heterocycles. The van der Waals surface area contributed by atoms with Crippen molar-refractivity contribution in [3.63, 3.8) is 0 Å². The van der Waals surface area contributed by atoms with Gasteiger partial charge in [0.2, 0.25) is 0 Å². The van der Waals surface area contributed by atoms with E-state index in [-0.39, 0.29) is 67.5 Å². The molecule has 0 amide bonds. The molecule has 200 valence electrons. The quantitative estimate of drug-likeness (QED) is 0.416. The zero-order valence-corrected chi connectivity index (χ0v) is 21.6. The van der Waals surface area contributed by atoms with E-state index in [1.807, 2.05) is 34.6 Å². The molecule has 9 heteroatoms. The van der Waals surface area contributed by atoms with Gasteiger partial charge in [0.05, 0.1) is 44.2 Å². The van der Waals surface area contributed by atoms with Crippen molar-refractivity contribution in [3.8, 4) is 0 Å². The Kier molecular flexibility index (Phi) is 9.79. The van der Waals surface area contributed by atoms with Gasteiger partial charge in [-0.3, -0.25) is 0 Å². The van der Waals surface area contributed by atoms with Crippen LogP contribution in [0.15, 0.2) is 0 Å². The van der Waals surface area contributed by atoms with Crippen molar-refractivity contribution < 1.29 is 44.1 Å². The van der Waals surface area contributed by atoms with E-state index in [2.05, 4.69) is 13.8 Å². The Labute approximate surface area is 203 Å². The first-order valence-electron chi connectivity index (χ1n) is 12.8. The molecule has 0 spiro atoms. The Hall–Kier alpha value is -0.360. The van der Waals surface area contributed by atoms with Gasteiger partial charge in [0.15, 0.2) is 12.6 Å². The first-order chi connectivity index (χ1) is 16.0. The average molecular weight is 491 g/mol. The van der Waals surface area contributed by atoms with Gasteiger partial charge >= 0.3 is 0 Å². The van der Waals surface area contributed by atoms with E-state index < -0.39 is 43.1 Å². The molecule has 0 aliphatic carbocycles. The molecule has 0 radical (unpaired) electrons. The second-order valence-electron chi connectivity index (χ2n) is 10.9. The van der Waals surface area contributed by atoms with Crippen molar-refractivity contribution in [2.45, 2.75) is 104 Å². The minimum atomic E-state index is -0.769. The highest BCUT2D eigenvalue weighted by atomic mass is 16.7. The zero-order valence-electron chi connectivity index (χ0n) is 21.6. The topological polar surface area (TPSA) is 127 Å². The molecule has 3 fully saturated rings. The van der Waals surface area contributed by atoms with Crippen LogP contribution in [0.5, 0.6) is 0 Å². The number of hydrogen-bond acceptors (Lipinski definition) is 9. The predicted octanol–water partition coefficient (Wildman–Crippen LogP) is 1.15. The van der Waals surface area contributed by atoms with Gasteiger partial charge in [-0.2, -0.15) is 0 Å². The van der Waals surface area contributed by atoms with Crippen molar-refractivity contribution >= 4 is 0 Å². The minimum Gasteiger partial charge on any atom is -0.394 e. The Bertz CT molecular complexity index is 630. The molecule has 3 aliphatic rings. The average Bonchev–Trinajstić information content (AvgIpc) is 2.83. The van der Waals surface area contributed by atoms with Crippen molar-refractivity contribution in [3.05, 3.63) is 0 Å². The zero-order chi connectivity index (χ0) is 25.3. The van der Waals surface area contributed by atoms with Gasteiger partial charge < -0.3 is 44.1 Å². The van der Waals surface area contributed by atoms with Gasteiger partial charge in [-0.1, -0.05) is 41.5 Å². The summed E-state index contributed by atoms with van der Waals surface area (Å²) in [7, 11) is 0. The molecule has 6 unspecified atom stereocenters. The maximum atomic E-state index is 10.4. The summed E-state index contributed by atoms with van der Waals surface area (Å²) in [6, 6.07) is 0. The van der Waals surface area contributed by atoms with Crippen molar-refractivity contribution in [1.29, 1.82) is 0 Å². The van der Waals surface area contributed by atoms with Gasteiger partial charge in [0.25, 0.3) is 0 Å². The fraction of sp³-hybridized carbons (Fsp3) is 1.00. The monoisotopic (exact) mass is 490 g/mol. The third kappa shape index (κ3) is 5.48. The molecular weight excluding hydrogens is 444 g/mol. The Morgan fingerprint density at radius 2 is 0.941 bits per heavy atom. The van der Waals surface area contributed by atoms with Gasteiger partial charge in [-0.15, -0.1) is 0 Å². The first-order valence-corrected chi connectivity index (χ1v) is 12.8. The van der Waals surface area contributed by atoms with E-state index in [0.717, 1.165) is 0 Å². The lowest BCUT2D eigenvalue weighted by Crippen LogP contribution is -2.59. The highest BCUT2D eigenvalue weighted by Gasteiger charge is 2.49. The molecule has 3 rings (SSSR count). The standard InChI is InChI=1S/C25H46O9/c1-11-13(3)22(19(9-27)30-17(11)7)33-25-16(6)14(4)23(20(10-28)32-25)34-24-15(5)12(2)21(29)18(8-26)31-24/h11-29H,8-10H2,1-7H3/t11?,12-,13-,14-,15?,16?,17+,18?,19?,20?,21-,22-,23-,24+,25+/m1/s1. The van der Waals surface area contributed by atoms with Gasteiger partial charge in [-0.05, 0) is 30.6 Å². The van der Waals surface area contributed by atoms with Crippen LogP contribution >= 0.6 is 0 Å². The SMILES string of the molecule is CC1[C@H](O[C@H]2C(CO)O[C@@H](O[C@H]3C(CO)O[C@@H](C)C(C)[C@H]3C)C(C)[C@H]2C)OC(CO)[C@H](O)[C@@H]1C. The Morgan fingerprint density at radius 3 is 1.44 bits per heavy atom. The minimum absolute atomic E-state index is 0.0275. The Balaban J connectivity index is 1.72. The number of aliphatic hydroxyl groups is 4. The number of aliphatic hydroxyl groups excluding tert-OH is 4. The molecule has 0 saturated carbocycles. The lowest BCUT2D eigenvalue weighted by molar-refractivity contribution is -0.346. The lowest BCUT2D eigenvalue weighted by Gasteiger charge is -2.50. The maximum absolute atomic E-state index is 10.4. The second kappa shape index (κ2) is 11.8. The molecule has 0 aromatic rings. The molecule has 4 N–H and O–H groups in total. The first kappa shape index (κ1) is 28.2. The summed E-state index contributed by atoms with van der Waals surface area (Å²) in [6.07, 6.45) is -4.55. The van der Waals surface area contributed by atoms with E-state index >= 15 is 0 Å². The van der Waals surface area contributed by atoms with Crippen LogP contribution in [0.2, 0.25) is 0 Å². The predicted molar refractivity (Wildman–Crippen MR) is 124 cm³/mol. The van der Waals surface area contributed by atoms with E-state index in [1.165, 1.54) is 0 Å². The van der Waals surface area contributed by atoms with Crippen molar-refractivity contribution in [2.75, 3.05) is 19.8 Å². The lowest BCUT2D eigenvalue weighted by atomic mass is 9.81. The summed E-state index contributed by atoms with van der Waals surface area (Å²) in [6.45, 7) is 13.5. The summed E-state index contributed by atoms with van der Waals surface area (Å²) in [4.78, 5) is 0. The smallest absolute Gasteiger partial charge is 0.161 e. The molecule has 0 bridgehead atoms. The Morgan fingerprint density at radius 1 is 0.529 bits per heavy atom. The van der Waals surface area contributed by atoms with Crippen LogP contribution in [-0.4, -0.2) is 95.6 Å². The molecule has 3 heterocycles. The summed E-state index contributed by atoms with van der Waals surface area (Å²) in [5.41, 5.74) is 0. The fourth-order valence-electron chi connectivity index (χ4n) is 5.57. The molecule has 3 aliphatic heterocycles. The van der Waals surface area contributed by atoms with E-state index in [1.54, 1.807) is 0 Å². The van der Waals surface area contributed by atoms with Crippen molar-refractivity contribution in [2.24, 2.45) is 35.5 Å². The maximum Gasteiger partial charge on any atom is 0.161 e. The van der Waals surface area contributed by atoms with E-state index in [0.29, 0.717) is 0 Å². The molecular formula is C25H46O9. The number of rotatable bonds is 7. The third-order valence-electron chi connectivity index (χ3n) is 8.91. The van der Waals surface area contributed by atoms with Gasteiger partial charge in [0.1, 0.15) is 18.3 Å². The molecule has 0 aromatic carbocycles. The van der Waals surface area contributed by atoms with Crippen LogP contribution in [-0.2, 0) is 23.7 Å². The normalized spacial score (nSPS) is 52.5. The van der Waals surface area contributed by atoms with Crippen LogP contribution in [0.4, 0.5) is 0 Å². The van der Waals surface area contributed by atoms with E-state index in [9.17, 15) is 20.4 Å². The number of ether oxygens (including phenoxy) is 5. The third-order valence-corrected chi connectivity index (χ3v) is 8.91. The molecule has 0 aromatic heterocycles. The van der Waals surface area contributed by atoms with Crippen LogP contribution in [0.3, 0.4) is 0 Å². The summed E-state index contributed by atoms with van der Waals surface area (Å²) in [5, 5.41) is 40.0. The molecule has 9 nitrogen and oxygen atoms in total. The van der Waals surface area contributed by atoms with Crippen LogP contribution in [0, 0.1) is 35.5 Å². The number of hydrogen-bond donors (Lipinski definition) is 4. The van der Waals surface area contributed by atoms with Gasteiger partial charge in [0, 0.05) is 11.8 Å². The van der Waals surface area contributed by atoms with Crippen LogP contribution in [0.1, 0.15) is 48.5 Å². The fourth-order valence-corrected chi connectivity index (χ4v) is 5.57. The van der Waals surface area contributed by atoms with Crippen LogP contribution in [0.25, 0.3) is 0 Å². The van der Waals surface area contributed by atoms with Crippen molar-refractivity contribution in [1.82, 2.24) is 0 Å². The van der Waals surface area contributed by atoms with Crippen LogP contribution < -0.4 is 0 Å². The molecule has 15 atom stereocenters. The summed E-state index contributed by atoms with van der Waals surface area (Å²) < 4.78 is 30.9. The van der Waals surface area contributed by atoms with Gasteiger partial charge in [-0.25, -0.2) is 0 Å². The molecule has 34 heavy (non-hydrogen) atoms. The summed E-state index contributed by atoms with van der Waals surface area (Å²) in [5.74, 6) is 0.0886.